The molecule has 1 heterocycles. The molecule has 0 radical (unpaired) electrons. The lowest BCUT2D eigenvalue weighted by Gasteiger charge is -2.14. The van der Waals surface area contributed by atoms with Crippen LogP contribution in [0.2, 0.25) is 0 Å². The second-order valence-electron chi connectivity index (χ2n) is 5.77. The Bertz CT molecular complexity index is 832. The SMILES string of the molecule is O=C(CCN1C(=O)c2ccccc2C1=O)NC(=S)NCc1ccccc1. The zero-order valence-electron chi connectivity index (χ0n) is 13.9. The van der Waals surface area contributed by atoms with E-state index in [1.54, 1.807) is 24.3 Å². The second kappa shape index (κ2) is 7.88. The van der Waals surface area contributed by atoms with Crippen LogP contribution in [0.5, 0.6) is 0 Å². The molecule has 6 nitrogen and oxygen atoms in total. The summed E-state index contributed by atoms with van der Waals surface area (Å²) in [5.41, 5.74) is 1.78. The molecular formula is C19H17N3O3S. The number of hydrogen-bond acceptors (Lipinski definition) is 4. The largest absolute Gasteiger partial charge is 0.358 e. The van der Waals surface area contributed by atoms with Gasteiger partial charge in [0.15, 0.2) is 5.11 Å². The van der Waals surface area contributed by atoms with Gasteiger partial charge in [-0.15, -0.1) is 0 Å². The van der Waals surface area contributed by atoms with Crippen molar-refractivity contribution in [3.63, 3.8) is 0 Å². The maximum atomic E-state index is 12.2. The van der Waals surface area contributed by atoms with E-state index < -0.39 is 0 Å². The van der Waals surface area contributed by atoms with E-state index in [1.807, 2.05) is 30.3 Å². The lowest BCUT2D eigenvalue weighted by Crippen LogP contribution is -2.41. The first kappa shape index (κ1) is 17.8. The van der Waals surface area contributed by atoms with Gasteiger partial charge in [-0.2, -0.15) is 0 Å². The maximum absolute atomic E-state index is 12.2. The first-order valence-corrected chi connectivity index (χ1v) is 8.54. The normalized spacial score (nSPS) is 12.7. The van der Waals surface area contributed by atoms with Crippen molar-refractivity contribution in [3.8, 4) is 0 Å². The minimum Gasteiger partial charge on any atom is -0.358 e. The minimum absolute atomic E-state index is 0.0134. The molecule has 7 heteroatoms. The molecule has 0 atom stereocenters. The molecule has 0 spiro atoms. The molecule has 26 heavy (non-hydrogen) atoms. The van der Waals surface area contributed by atoms with Gasteiger partial charge < -0.3 is 10.6 Å². The molecule has 1 aliphatic rings. The number of hydrogen-bond donors (Lipinski definition) is 2. The topological polar surface area (TPSA) is 78.5 Å². The summed E-state index contributed by atoms with van der Waals surface area (Å²) >= 11 is 5.09. The quantitative estimate of drug-likeness (QED) is 0.623. The molecule has 2 aromatic carbocycles. The first-order valence-electron chi connectivity index (χ1n) is 8.13. The van der Waals surface area contributed by atoms with Gasteiger partial charge in [0.05, 0.1) is 11.1 Å². The van der Waals surface area contributed by atoms with Gasteiger partial charge in [0.2, 0.25) is 5.91 Å². The summed E-state index contributed by atoms with van der Waals surface area (Å²) in [7, 11) is 0. The summed E-state index contributed by atoms with van der Waals surface area (Å²) in [6.07, 6.45) is -0.0153. The summed E-state index contributed by atoms with van der Waals surface area (Å²) in [6.45, 7) is 0.512. The van der Waals surface area contributed by atoms with Gasteiger partial charge in [-0.05, 0) is 29.9 Å². The number of nitrogens with one attached hydrogen (secondary N) is 2. The number of nitrogens with zero attached hydrogens (tertiary/aromatic N) is 1. The summed E-state index contributed by atoms with van der Waals surface area (Å²) in [5, 5.41) is 5.71. The van der Waals surface area contributed by atoms with Crippen molar-refractivity contribution in [1.82, 2.24) is 15.5 Å². The van der Waals surface area contributed by atoms with Crippen molar-refractivity contribution in [2.24, 2.45) is 0 Å². The van der Waals surface area contributed by atoms with Crippen molar-refractivity contribution >= 4 is 35.1 Å². The van der Waals surface area contributed by atoms with Crippen molar-refractivity contribution in [3.05, 3.63) is 71.3 Å². The number of carbonyl (C=O) groups excluding carboxylic acids is 3. The molecule has 0 saturated heterocycles. The molecule has 3 rings (SSSR count). The highest BCUT2D eigenvalue weighted by Gasteiger charge is 2.34. The van der Waals surface area contributed by atoms with E-state index in [0.717, 1.165) is 10.5 Å². The molecule has 0 aliphatic carbocycles. The predicted molar refractivity (Wildman–Crippen MR) is 100 cm³/mol. The van der Waals surface area contributed by atoms with Gasteiger partial charge >= 0.3 is 0 Å². The molecule has 132 valence electrons. The van der Waals surface area contributed by atoms with Gasteiger partial charge in [-0.3, -0.25) is 19.3 Å². The van der Waals surface area contributed by atoms with Crippen LogP contribution in [0.4, 0.5) is 0 Å². The van der Waals surface area contributed by atoms with Crippen molar-refractivity contribution < 1.29 is 14.4 Å². The van der Waals surface area contributed by atoms with Crippen LogP contribution >= 0.6 is 12.2 Å². The fraction of sp³-hybridized carbons (Fsp3) is 0.158. The van der Waals surface area contributed by atoms with Crippen molar-refractivity contribution in [1.29, 1.82) is 0 Å². The van der Waals surface area contributed by atoms with E-state index in [9.17, 15) is 14.4 Å². The van der Waals surface area contributed by atoms with E-state index in [-0.39, 0.29) is 35.8 Å². The van der Waals surface area contributed by atoms with Crippen LogP contribution < -0.4 is 10.6 Å². The Kier molecular flexibility index (Phi) is 5.38. The summed E-state index contributed by atoms with van der Waals surface area (Å²) in [6, 6.07) is 16.3. The number of benzene rings is 2. The molecule has 0 saturated carbocycles. The lowest BCUT2D eigenvalue weighted by molar-refractivity contribution is -0.119. The average molecular weight is 367 g/mol. The molecule has 0 fully saturated rings. The molecule has 0 aromatic heterocycles. The van der Waals surface area contributed by atoms with Gasteiger partial charge in [0.25, 0.3) is 11.8 Å². The second-order valence-corrected chi connectivity index (χ2v) is 6.18. The van der Waals surface area contributed by atoms with E-state index in [1.165, 1.54) is 0 Å². The maximum Gasteiger partial charge on any atom is 0.261 e. The average Bonchev–Trinajstić information content (AvgIpc) is 2.90. The number of carbonyl (C=O) groups is 3. The van der Waals surface area contributed by atoms with Gasteiger partial charge in [-0.1, -0.05) is 42.5 Å². The summed E-state index contributed by atoms with van der Waals surface area (Å²) in [4.78, 5) is 37.6. The van der Waals surface area contributed by atoms with Crippen LogP contribution in [0.25, 0.3) is 0 Å². The third-order valence-corrected chi connectivity index (χ3v) is 4.24. The Hall–Kier alpha value is -3.06. The molecule has 2 aromatic rings. The molecular weight excluding hydrogens is 350 g/mol. The van der Waals surface area contributed by atoms with E-state index in [2.05, 4.69) is 10.6 Å². The zero-order chi connectivity index (χ0) is 18.5. The van der Waals surface area contributed by atoms with Crippen molar-refractivity contribution in [2.75, 3.05) is 6.54 Å². The number of thiocarbonyl (C=S) groups is 1. The molecule has 1 aliphatic heterocycles. The van der Waals surface area contributed by atoms with E-state index in [4.69, 9.17) is 12.2 Å². The standard InChI is InChI=1S/C19H17N3O3S/c23-16(21-19(26)20-12-13-6-2-1-3-7-13)10-11-22-17(24)14-8-4-5-9-15(14)18(22)25/h1-9H,10-12H2,(H2,20,21,23,26). The third kappa shape index (κ3) is 3.94. The Morgan fingerprint density at radius 1 is 0.923 bits per heavy atom. The fourth-order valence-electron chi connectivity index (χ4n) is 2.67. The Morgan fingerprint density at radius 3 is 2.12 bits per heavy atom. The predicted octanol–water partition coefficient (Wildman–Crippen LogP) is 1.86. The summed E-state index contributed by atoms with van der Waals surface area (Å²) in [5.74, 6) is -1.10. The summed E-state index contributed by atoms with van der Waals surface area (Å²) < 4.78 is 0. The molecule has 0 bridgehead atoms. The van der Waals surface area contributed by atoms with E-state index in [0.29, 0.717) is 17.7 Å². The zero-order valence-corrected chi connectivity index (χ0v) is 14.7. The highest BCUT2D eigenvalue weighted by atomic mass is 32.1. The van der Waals surface area contributed by atoms with Gasteiger partial charge in [0.1, 0.15) is 0 Å². The monoisotopic (exact) mass is 367 g/mol. The first-order chi connectivity index (χ1) is 12.6. The van der Waals surface area contributed by atoms with Crippen LogP contribution in [0.1, 0.15) is 32.7 Å². The number of rotatable bonds is 5. The van der Waals surface area contributed by atoms with Crippen LogP contribution in [0.15, 0.2) is 54.6 Å². The number of imide groups is 1. The van der Waals surface area contributed by atoms with Crippen LogP contribution in [0, 0.1) is 0 Å². The Labute approximate surface area is 156 Å². The van der Waals surface area contributed by atoms with Crippen molar-refractivity contribution in [2.45, 2.75) is 13.0 Å². The van der Waals surface area contributed by atoms with Crippen LogP contribution in [-0.2, 0) is 11.3 Å². The highest BCUT2D eigenvalue weighted by molar-refractivity contribution is 7.80. The third-order valence-electron chi connectivity index (χ3n) is 3.99. The Morgan fingerprint density at radius 2 is 1.50 bits per heavy atom. The number of amides is 3. The van der Waals surface area contributed by atoms with Gasteiger partial charge in [0, 0.05) is 19.5 Å². The van der Waals surface area contributed by atoms with E-state index >= 15 is 0 Å². The Balaban J connectivity index is 1.47. The molecule has 0 unspecified atom stereocenters. The van der Waals surface area contributed by atoms with Crippen LogP contribution in [0.3, 0.4) is 0 Å². The minimum atomic E-state index is -0.372. The highest BCUT2D eigenvalue weighted by Crippen LogP contribution is 2.22. The van der Waals surface area contributed by atoms with Crippen LogP contribution in [-0.4, -0.2) is 34.3 Å². The molecule has 2 N–H and O–H groups in total. The molecule has 3 amide bonds. The van der Waals surface area contributed by atoms with Gasteiger partial charge in [-0.25, -0.2) is 0 Å². The smallest absolute Gasteiger partial charge is 0.261 e. The fourth-order valence-corrected chi connectivity index (χ4v) is 2.85. The number of fused-ring (bicyclic) bond motifs is 1. The lowest BCUT2D eigenvalue weighted by atomic mass is 10.1.